The predicted octanol–water partition coefficient (Wildman–Crippen LogP) is 3.79. The minimum Gasteiger partial charge on any atom is -0.493 e. The molecular formula is C20H22F2N2O4. The third-order valence-electron chi connectivity index (χ3n) is 4.21. The van der Waals surface area contributed by atoms with Gasteiger partial charge in [-0.1, -0.05) is 13.3 Å². The lowest BCUT2D eigenvalue weighted by Gasteiger charge is -2.27. The second-order valence-electron chi connectivity index (χ2n) is 6.12. The van der Waals surface area contributed by atoms with Crippen LogP contribution in [-0.4, -0.2) is 19.2 Å². The van der Waals surface area contributed by atoms with Crippen LogP contribution < -0.4 is 10.5 Å². The summed E-state index contributed by atoms with van der Waals surface area (Å²) in [6, 6.07) is 3.83. The third kappa shape index (κ3) is 4.25. The Kier molecular flexibility index (Phi) is 6.99. The summed E-state index contributed by atoms with van der Waals surface area (Å²) in [5.74, 6) is -4.44. The number of unbranched alkanes of at least 4 members (excludes halogenated alkanes) is 1. The summed E-state index contributed by atoms with van der Waals surface area (Å²) >= 11 is 0. The average molecular weight is 392 g/mol. The molecule has 0 spiro atoms. The Morgan fingerprint density at radius 3 is 2.50 bits per heavy atom. The van der Waals surface area contributed by atoms with Crippen LogP contribution in [0.15, 0.2) is 34.9 Å². The molecule has 150 valence electrons. The van der Waals surface area contributed by atoms with Crippen LogP contribution in [0, 0.1) is 23.0 Å². The van der Waals surface area contributed by atoms with Gasteiger partial charge in [0, 0.05) is 17.7 Å². The number of hydrogen-bond acceptors (Lipinski definition) is 6. The SMILES string of the molecule is CCCCOc1cc(F)c(C2C(C#N)=C(N)OC(C)=C2C(=O)OCC)c(F)c1. The molecule has 1 aliphatic heterocycles. The van der Waals surface area contributed by atoms with Crippen molar-refractivity contribution in [3.63, 3.8) is 0 Å². The van der Waals surface area contributed by atoms with Crippen LogP contribution in [0.4, 0.5) is 8.78 Å². The van der Waals surface area contributed by atoms with Crippen LogP contribution in [0.2, 0.25) is 0 Å². The summed E-state index contributed by atoms with van der Waals surface area (Å²) in [6.07, 6.45) is 1.60. The molecule has 0 radical (unpaired) electrons. The van der Waals surface area contributed by atoms with Gasteiger partial charge in [-0.3, -0.25) is 0 Å². The minimum atomic E-state index is -1.39. The summed E-state index contributed by atoms with van der Waals surface area (Å²) in [6.45, 7) is 5.32. The summed E-state index contributed by atoms with van der Waals surface area (Å²) in [5, 5.41) is 9.48. The number of nitrogens with two attached hydrogens (primary N) is 1. The zero-order chi connectivity index (χ0) is 20.8. The summed E-state index contributed by atoms with van der Waals surface area (Å²) in [4.78, 5) is 12.4. The van der Waals surface area contributed by atoms with E-state index in [1.807, 2.05) is 6.92 Å². The van der Waals surface area contributed by atoms with Gasteiger partial charge in [-0.05, 0) is 20.3 Å². The maximum atomic E-state index is 14.9. The molecule has 1 aromatic rings. The van der Waals surface area contributed by atoms with Crippen molar-refractivity contribution in [2.75, 3.05) is 13.2 Å². The molecule has 0 bridgehead atoms. The first-order valence-corrected chi connectivity index (χ1v) is 8.92. The van der Waals surface area contributed by atoms with Gasteiger partial charge >= 0.3 is 5.97 Å². The standard InChI is InChI=1S/C20H22F2N2O4/c1-4-6-7-27-12-8-14(21)18(15(22)9-12)17-13(10-23)19(24)28-11(3)16(17)20(25)26-5-2/h8-9,17H,4-7,24H2,1-3H3. The number of carbonyl (C=O) groups is 1. The quantitative estimate of drug-likeness (QED) is 0.560. The zero-order valence-electron chi connectivity index (χ0n) is 16.0. The van der Waals surface area contributed by atoms with Gasteiger partial charge in [0.1, 0.15) is 34.8 Å². The van der Waals surface area contributed by atoms with E-state index in [0.717, 1.165) is 25.0 Å². The number of nitriles is 1. The van der Waals surface area contributed by atoms with Crippen LogP contribution in [0.1, 0.15) is 45.1 Å². The molecule has 1 aromatic carbocycles. The smallest absolute Gasteiger partial charge is 0.338 e. The van der Waals surface area contributed by atoms with Crippen molar-refractivity contribution in [2.45, 2.75) is 39.5 Å². The molecule has 1 aliphatic rings. The number of nitrogens with zero attached hydrogens (tertiary/aromatic N) is 1. The normalized spacial score (nSPS) is 16.5. The van der Waals surface area contributed by atoms with Crippen LogP contribution in [0.5, 0.6) is 5.75 Å². The number of ether oxygens (including phenoxy) is 3. The first-order chi connectivity index (χ1) is 13.3. The first kappa shape index (κ1) is 21.2. The summed E-state index contributed by atoms with van der Waals surface area (Å²) < 4.78 is 45.3. The van der Waals surface area contributed by atoms with Crippen molar-refractivity contribution in [3.05, 3.63) is 52.1 Å². The Balaban J connectivity index is 2.58. The van der Waals surface area contributed by atoms with E-state index in [9.17, 15) is 18.8 Å². The molecule has 0 saturated carbocycles. The molecule has 1 heterocycles. The molecule has 1 unspecified atom stereocenters. The van der Waals surface area contributed by atoms with Crippen molar-refractivity contribution in [1.29, 1.82) is 5.26 Å². The summed E-state index contributed by atoms with van der Waals surface area (Å²) in [7, 11) is 0. The molecule has 8 heteroatoms. The lowest BCUT2D eigenvalue weighted by Crippen LogP contribution is -2.26. The van der Waals surface area contributed by atoms with Gasteiger partial charge in [0.2, 0.25) is 5.88 Å². The van der Waals surface area contributed by atoms with E-state index < -0.39 is 29.1 Å². The monoisotopic (exact) mass is 392 g/mol. The molecule has 6 nitrogen and oxygen atoms in total. The lowest BCUT2D eigenvalue weighted by molar-refractivity contribution is -0.139. The molecular weight excluding hydrogens is 370 g/mol. The van der Waals surface area contributed by atoms with Crippen molar-refractivity contribution < 1.29 is 27.8 Å². The van der Waals surface area contributed by atoms with Gasteiger partial charge in [-0.2, -0.15) is 5.26 Å². The van der Waals surface area contributed by atoms with Gasteiger partial charge in [0.15, 0.2) is 0 Å². The van der Waals surface area contributed by atoms with E-state index in [2.05, 4.69) is 0 Å². The van der Waals surface area contributed by atoms with Crippen molar-refractivity contribution >= 4 is 5.97 Å². The largest absolute Gasteiger partial charge is 0.493 e. The molecule has 0 amide bonds. The van der Waals surface area contributed by atoms with Gasteiger partial charge < -0.3 is 19.9 Å². The molecule has 2 N–H and O–H groups in total. The van der Waals surface area contributed by atoms with E-state index in [4.69, 9.17) is 19.9 Å². The molecule has 1 atom stereocenters. The van der Waals surface area contributed by atoms with Crippen LogP contribution in [0.3, 0.4) is 0 Å². The van der Waals surface area contributed by atoms with Gasteiger partial charge in [-0.25, -0.2) is 13.6 Å². The Morgan fingerprint density at radius 2 is 1.96 bits per heavy atom. The fourth-order valence-corrected chi connectivity index (χ4v) is 2.90. The van der Waals surface area contributed by atoms with Crippen LogP contribution >= 0.6 is 0 Å². The maximum Gasteiger partial charge on any atom is 0.338 e. The Hall–Kier alpha value is -3.08. The van der Waals surface area contributed by atoms with E-state index in [1.165, 1.54) is 6.92 Å². The van der Waals surface area contributed by atoms with Crippen molar-refractivity contribution in [1.82, 2.24) is 0 Å². The number of allylic oxidation sites excluding steroid dienone is 2. The highest BCUT2D eigenvalue weighted by molar-refractivity contribution is 5.92. The zero-order valence-corrected chi connectivity index (χ0v) is 16.0. The number of carbonyl (C=O) groups excluding carboxylic acids is 1. The van der Waals surface area contributed by atoms with Crippen molar-refractivity contribution in [2.24, 2.45) is 5.73 Å². The van der Waals surface area contributed by atoms with Gasteiger partial charge in [-0.15, -0.1) is 0 Å². The van der Waals surface area contributed by atoms with E-state index in [-0.39, 0.29) is 35.1 Å². The Morgan fingerprint density at radius 1 is 1.32 bits per heavy atom. The van der Waals surface area contributed by atoms with Gasteiger partial charge in [0.05, 0.1) is 24.7 Å². The second kappa shape index (κ2) is 9.22. The topological polar surface area (TPSA) is 94.6 Å². The molecule has 0 saturated heterocycles. The number of rotatable bonds is 7. The van der Waals surface area contributed by atoms with E-state index >= 15 is 0 Å². The Labute approximate surface area is 162 Å². The van der Waals surface area contributed by atoms with Crippen LogP contribution in [0.25, 0.3) is 0 Å². The number of esters is 1. The van der Waals surface area contributed by atoms with E-state index in [0.29, 0.717) is 6.61 Å². The fraction of sp³-hybridized carbons (Fsp3) is 0.400. The second-order valence-corrected chi connectivity index (χ2v) is 6.12. The molecule has 0 aliphatic carbocycles. The average Bonchev–Trinajstić information content (AvgIpc) is 2.61. The highest BCUT2D eigenvalue weighted by Crippen LogP contribution is 2.42. The molecule has 2 rings (SSSR count). The number of hydrogen-bond donors (Lipinski definition) is 1. The van der Waals surface area contributed by atoms with Crippen molar-refractivity contribution in [3.8, 4) is 11.8 Å². The fourth-order valence-electron chi connectivity index (χ4n) is 2.90. The van der Waals surface area contributed by atoms with Gasteiger partial charge in [0.25, 0.3) is 0 Å². The highest BCUT2D eigenvalue weighted by atomic mass is 19.1. The Bertz CT molecular complexity index is 848. The number of halogens is 2. The number of benzene rings is 1. The summed E-state index contributed by atoms with van der Waals surface area (Å²) in [5.41, 5.74) is 4.79. The predicted molar refractivity (Wildman–Crippen MR) is 96.7 cm³/mol. The highest BCUT2D eigenvalue weighted by Gasteiger charge is 2.39. The third-order valence-corrected chi connectivity index (χ3v) is 4.21. The first-order valence-electron chi connectivity index (χ1n) is 8.92. The lowest BCUT2D eigenvalue weighted by atomic mass is 9.82. The molecule has 0 aromatic heterocycles. The maximum absolute atomic E-state index is 14.9. The van der Waals surface area contributed by atoms with Crippen LogP contribution in [-0.2, 0) is 14.3 Å². The minimum absolute atomic E-state index is 0.0158. The molecule has 0 fully saturated rings. The molecule has 28 heavy (non-hydrogen) atoms. The van der Waals surface area contributed by atoms with E-state index in [1.54, 1.807) is 13.0 Å².